The van der Waals surface area contributed by atoms with Gasteiger partial charge < -0.3 is 0 Å². The van der Waals surface area contributed by atoms with Gasteiger partial charge in [-0.25, -0.2) is 5.06 Å². The highest BCUT2D eigenvalue weighted by Crippen LogP contribution is 2.38. The average Bonchev–Trinajstić information content (AvgIpc) is 2.47. The maximum absolute atomic E-state index is 5.62. The molecule has 0 spiro atoms. The second kappa shape index (κ2) is 4.83. The highest BCUT2D eigenvalue weighted by molar-refractivity contribution is 5.55. The van der Waals surface area contributed by atoms with Gasteiger partial charge in [0.15, 0.2) is 0 Å². The fourth-order valence-corrected chi connectivity index (χ4v) is 2.72. The molecule has 0 fully saturated rings. The molecular formula is C16H17NO. The van der Waals surface area contributed by atoms with E-state index >= 15 is 0 Å². The van der Waals surface area contributed by atoms with Crippen LogP contribution in [-0.2, 0) is 11.3 Å². The van der Waals surface area contributed by atoms with Crippen molar-refractivity contribution in [1.82, 2.24) is 0 Å². The Bertz CT molecular complexity index is 524. The lowest BCUT2D eigenvalue weighted by Crippen LogP contribution is -2.32. The molecule has 1 atom stereocenters. The first-order valence-corrected chi connectivity index (χ1v) is 6.36. The van der Waals surface area contributed by atoms with Crippen molar-refractivity contribution in [3.8, 4) is 0 Å². The molecular weight excluding hydrogens is 222 g/mol. The molecule has 0 N–H and O–H groups in total. The van der Waals surface area contributed by atoms with Crippen molar-refractivity contribution in [3.05, 3.63) is 65.7 Å². The Morgan fingerprint density at radius 2 is 1.72 bits per heavy atom. The van der Waals surface area contributed by atoms with Gasteiger partial charge in [-0.1, -0.05) is 48.5 Å². The molecule has 0 bridgehead atoms. The van der Waals surface area contributed by atoms with E-state index in [0.717, 1.165) is 12.8 Å². The molecule has 1 aliphatic rings. The van der Waals surface area contributed by atoms with Gasteiger partial charge in [0.05, 0.1) is 18.8 Å². The predicted octanol–water partition coefficient (Wildman–Crippen LogP) is 3.74. The van der Waals surface area contributed by atoms with Gasteiger partial charge >= 0.3 is 0 Å². The molecule has 0 radical (unpaired) electrons. The number of hydroxylamine groups is 1. The summed E-state index contributed by atoms with van der Waals surface area (Å²) in [5, 5.41) is 2.04. The fourth-order valence-electron chi connectivity index (χ4n) is 2.72. The maximum Gasteiger partial charge on any atom is 0.0818 e. The normalized spacial score (nSPS) is 18.5. The third kappa shape index (κ3) is 1.89. The Morgan fingerprint density at radius 3 is 2.50 bits per heavy atom. The number of benzene rings is 2. The monoisotopic (exact) mass is 239 g/mol. The molecule has 1 heterocycles. The Kier molecular flexibility index (Phi) is 3.03. The highest BCUT2D eigenvalue weighted by atomic mass is 16.7. The fraction of sp³-hybridized carbons (Fsp3) is 0.250. The SMILES string of the molecule is CON1c2ccccc2CCC1c1ccccc1. The number of fused-ring (bicyclic) bond motifs is 1. The molecule has 2 aromatic rings. The Morgan fingerprint density at radius 1 is 1.00 bits per heavy atom. The van der Waals surface area contributed by atoms with Crippen molar-refractivity contribution >= 4 is 5.69 Å². The summed E-state index contributed by atoms with van der Waals surface area (Å²) in [6.45, 7) is 0. The largest absolute Gasteiger partial charge is 0.276 e. The summed E-state index contributed by atoms with van der Waals surface area (Å²) in [6.07, 6.45) is 2.20. The second-order valence-corrected chi connectivity index (χ2v) is 4.60. The second-order valence-electron chi connectivity index (χ2n) is 4.60. The van der Waals surface area contributed by atoms with Crippen molar-refractivity contribution < 1.29 is 4.84 Å². The predicted molar refractivity (Wildman–Crippen MR) is 73.4 cm³/mol. The van der Waals surface area contributed by atoms with Crippen LogP contribution in [-0.4, -0.2) is 7.11 Å². The van der Waals surface area contributed by atoms with Gasteiger partial charge in [0.2, 0.25) is 0 Å². The number of hydrogen-bond acceptors (Lipinski definition) is 2. The van der Waals surface area contributed by atoms with Crippen molar-refractivity contribution in [2.45, 2.75) is 18.9 Å². The Balaban J connectivity index is 2.00. The number of hydrogen-bond donors (Lipinski definition) is 0. The zero-order valence-corrected chi connectivity index (χ0v) is 10.5. The van der Waals surface area contributed by atoms with Crippen LogP contribution in [0.25, 0.3) is 0 Å². The molecule has 0 saturated heterocycles. The molecule has 2 aromatic carbocycles. The van der Waals surface area contributed by atoms with Crippen LogP contribution in [0.3, 0.4) is 0 Å². The van der Waals surface area contributed by atoms with E-state index in [4.69, 9.17) is 4.84 Å². The first-order chi connectivity index (χ1) is 8.90. The molecule has 1 unspecified atom stereocenters. The third-order valence-electron chi connectivity index (χ3n) is 3.58. The van der Waals surface area contributed by atoms with E-state index in [0.29, 0.717) is 6.04 Å². The molecule has 92 valence electrons. The van der Waals surface area contributed by atoms with Crippen LogP contribution in [0.2, 0.25) is 0 Å². The minimum absolute atomic E-state index is 0.311. The van der Waals surface area contributed by atoms with Crippen molar-refractivity contribution in [1.29, 1.82) is 0 Å². The van der Waals surface area contributed by atoms with Gasteiger partial charge in [-0.2, -0.15) is 0 Å². The molecule has 0 aromatic heterocycles. The Labute approximate surface area is 108 Å². The minimum atomic E-state index is 0.311. The van der Waals surface area contributed by atoms with Crippen molar-refractivity contribution in [2.24, 2.45) is 0 Å². The van der Waals surface area contributed by atoms with Gasteiger partial charge in [-0.15, -0.1) is 0 Å². The highest BCUT2D eigenvalue weighted by Gasteiger charge is 2.27. The molecule has 0 saturated carbocycles. The summed E-state index contributed by atoms with van der Waals surface area (Å²) in [5.74, 6) is 0. The van der Waals surface area contributed by atoms with Crippen LogP contribution in [0.15, 0.2) is 54.6 Å². The van der Waals surface area contributed by atoms with Gasteiger partial charge in [-0.3, -0.25) is 4.84 Å². The quantitative estimate of drug-likeness (QED) is 0.791. The summed E-state index contributed by atoms with van der Waals surface area (Å²) < 4.78 is 0. The van der Waals surface area contributed by atoms with E-state index in [-0.39, 0.29) is 0 Å². The maximum atomic E-state index is 5.62. The van der Waals surface area contributed by atoms with E-state index in [1.165, 1.54) is 16.8 Å². The number of anilines is 1. The van der Waals surface area contributed by atoms with E-state index in [2.05, 4.69) is 54.6 Å². The molecule has 2 nitrogen and oxygen atoms in total. The number of aryl methyl sites for hydroxylation is 1. The minimum Gasteiger partial charge on any atom is -0.276 e. The third-order valence-corrected chi connectivity index (χ3v) is 3.58. The molecule has 2 heteroatoms. The van der Waals surface area contributed by atoms with Crippen molar-refractivity contribution in [2.75, 3.05) is 12.2 Å². The van der Waals surface area contributed by atoms with Gasteiger partial charge in [0, 0.05) is 0 Å². The summed E-state index contributed by atoms with van der Waals surface area (Å²) in [7, 11) is 1.75. The van der Waals surface area contributed by atoms with Crippen molar-refractivity contribution in [3.63, 3.8) is 0 Å². The van der Waals surface area contributed by atoms with Crippen LogP contribution in [0.1, 0.15) is 23.6 Å². The van der Waals surface area contributed by atoms with E-state index < -0.39 is 0 Å². The zero-order chi connectivity index (χ0) is 12.4. The summed E-state index contributed by atoms with van der Waals surface area (Å²) in [4.78, 5) is 5.62. The van der Waals surface area contributed by atoms with Crippen LogP contribution in [0.5, 0.6) is 0 Å². The number of nitrogens with zero attached hydrogens (tertiary/aromatic N) is 1. The zero-order valence-electron chi connectivity index (χ0n) is 10.5. The van der Waals surface area contributed by atoms with E-state index in [1.54, 1.807) is 7.11 Å². The number of rotatable bonds is 2. The lowest BCUT2D eigenvalue weighted by atomic mass is 9.93. The average molecular weight is 239 g/mol. The van der Waals surface area contributed by atoms with Crippen LogP contribution < -0.4 is 5.06 Å². The van der Waals surface area contributed by atoms with Crippen LogP contribution in [0.4, 0.5) is 5.69 Å². The van der Waals surface area contributed by atoms with E-state index in [9.17, 15) is 0 Å². The van der Waals surface area contributed by atoms with Gasteiger partial charge in [0.25, 0.3) is 0 Å². The van der Waals surface area contributed by atoms with Gasteiger partial charge in [0.1, 0.15) is 0 Å². The van der Waals surface area contributed by atoms with Crippen LogP contribution in [0, 0.1) is 0 Å². The Hall–Kier alpha value is -1.80. The molecule has 0 aliphatic carbocycles. The molecule has 1 aliphatic heterocycles. The lowest BCUT2D eigenvalue weighted by molar-refractivity contribution is 0.130. The topological polar surface area (TPSA) is 12.5 Å². The molecule has 3 rings (SSSR count). The standard InChI is InChI=1S/C16H17NO/c1-18-17-15-10-6-5-9-14(15)11-12-16(17)13-7-3-2-4-8-13/h2-10,16H,11-12H2,1H3. The van der Waals surface area contributed by atoms with Gasteiger partial charge in [-0.05, 0) is 30.0 Å². The molecule has 18 heavy (non-hydrogen) atoms. The lowest BCUT2D eigenvalue weighted by Gasteiger charge is -2.36. The van der Waals surface area contributed by atoms with Crippen LogP contribution >= 0.6 is 0 Å². The first kappa shape index (κ1) is 11.3. The summed E-state index contributed by atoms with van der Waals surface area (Å²) >= 11 is 0. The van der Waals surface area contributed by atoms with E-state index in [1.807, 2.05) is 5.06 Å². The molecule has 0 amide bonds. The smallest absolute Gasteiger partial charge is 0.0818 e. The summed E-state index contributed by atoms with van der Waals surface area (Å²) in [6, 6.07) is 19.4. The first-order valence-electron chi connectivity index (χ1n) is 6.36. The summed E-state index contributed by atoms with van der Waals surface area (Å²) in [5.41, 5.74) is 3.88. The number of para-hydroxylation sites is 1.